The van der Waals surface area contributed by atoms with Crippen molar-refractivity contribution in [3.63, 3.8) is 0 Å². The van der Waals surface area contributed by atoms with Crippen LogP contribution >= 0.6 is 23.4 Å². The molecule has 1 radical (unpaired) electrons. The molecule has 0 aromatic carbocycles. The summed E-state index contributed by atoms with van der Waals surface area (Å²) in [6.07, 6.45) is 6.07. The van der Waals surface area contributed by atoms with Gasteiger partial charge in [-0.15, -0.1) is 11.8 Å². The van der Waals surface area contributed by atoms with E-state index in [2.05, 4.69) is 16.2 Å². The van der Waals surface area contributed by atoms with Crippen molar-refractivity contribution in [1.29, 1.82) is 0 Å². The molecule has 0 amide bonds. The van der Waals surface area contributed by atoms with Crippen LogP contribution in [0.1, 0.15) is 0 Å². The van der Waals surface area contributed by atoms with Gasteiger partial charge in [0.05, 0.1) is 6.20 Å². The third-order valence-corrected chi connectivity index (χ3v) is 1.55. The Kier molecular flexibility index (Phi) is 2.30. The SMILES string of the molecule is CSc1cnc(Cl)[c]n1. The Morgan fingerprint density at radius 2 is 2.56 bits per heavy atom. The molecule has 0 fully saturated rings. The predicted molar refractivity (Wildman–Crippen MR) is 37.7 cm³/mol. The van der Waals surface area contributed by atoms with Gasteiger partial charge < -0.3 is 0 Å². The van der Waals surface area contributed by atoms with Crippen molar-refractivity contribution >= 4 is 23.4 Å². The molecule has 0 aliphatic heterocycles. The Bertz CT molecular complexity index is 187. The van der Waals surface area contributed by atoms with E-state index in [-0.39, 0.29) is 0 Å². The molecular weight excluding hydrogens is 156 g/mol. The maximum absolute atomic E-state index is 5.43. The molecule has 0 bridgehead atoms. The topological polar surface area (TPSA) is 25.8 Å². The molecule has 0 saturated carbocycles. The second-order valence-electron chi connectivity index (χ2n) is 1.31. The molecule has 1 aromatic rings. The van der Waals surface area contributed by atoms with Crippen LogP contribution in [-0.4, -0.2) is 16.2 Å². The molecule has 4 heteroatoms. The van der Waals surface area contributed by atoms with E-state index in [0.717, 1.165) is 5.03 Å². The molecule has 1 heterocycles. The van der Waals surface area contributed by atoms with Crippen molar-refractivity contribution in [1.82, 2.24) is 9.97 Å². The van der Waals surface area contributed by atoms with Gasteiger partial charge in [-0.25, -0.2) is 9.97 Å². The first-order valence-corrected chi connectivity index (χ1v) is 3.87. The van der Waals surface area contributed by atoms with Crippen LogP contribution in [0.15, 0.2) is 11.2 Å². The van der Waals surface area contributed by atoms with Crippen LogP contribution in [0.2, 0.25) is 5.15 Å². The number of rotatable bonds is 1. The number of thioether (sulfide) groups is 1. The average Bonchev–Trinajstić information content (AvgIpc) is 1.90. The van der Waals surface area contributed by atoms with Crippen LogP contribution in [0.25, 0.3) is 0 Å². The molecular formula is C5H4ClN2S. The largest absolute Gasteiger partial charge is 0.239 e. The van der Waals surface area contributed by atoms with E-state index in [1.165, 1.54) is 11.8 Å². The monoisotopic (exact) mass is 159 g/mol. The van der Waals surface area contributed by atoms with Gasteiger partial charge in [-0.2, -0.15) is 0 Å². The molecule has 0 N–H and O–H groups in total. The Hall–Kier alpha value is -0.280. The lowest BCUT2D eigenvalue weighted by molar-refractivity contribution is 1.05. The second kappa shape index (κ2) is 3.03. The summed E-state index contributed by atoms with van der Waals surface area (Å²) in [5.41, 5.74) is 0. The number of aromatic nitrogens is 2. The summed E-state index contributed by atoms with van der Waals surface area (Å²) in [7, 11) is 0. The number of hydrogen-bond donors (Lipinski definition) is 0. The van der Waals surface area contributed by atoms with E-state index < -0.39 is 0 Å². The van der Waals surface area contributed by atoms with Crippen LogP contribution in [0.4, 0.5) is 0 Å². The molecule has 9 heavy (non-hydrogen) atoms. The lowest BCUT2D eigenvalue weighted by atomic mass is 10.8. The maximum atomic E-state index is 5.43. The van der Waals surface area contributed by atoms with Gasteiger partial charge in [0.1, 0.15) is 11.2 Å². The Morgan fingerprint density at radius 1 is 1.78 bits per heavy atom. The van der Waals surface area contributed by atoms with E-state index in [4.69, 9.17) is 11.6 Å². The lowest BCUT2D eigenvalue weighted by Gasteiger charge is -1.90. The van der Waals surface area contributed by atoms with Gasteiger partial charge in [0, 0.05) is 0 Å². The van der Waals surface area contributed by atoms with Gasteiger partial charge in [0.15, 0.2) is 5.15 Å². The fourth-order valence-corrected chi connectivity index (χ4v) is 0.755. The van der Waals surface area contributed by atoms with Crippen LogP contribution in [0.3, 0.4) is 0 Å². The fourth-order valence-electron chi connectivity index (χ4n) is 0.369. The van der Waals surface area contributed by atoms with Crippen molar-refractivity contribution in [3.05, 3.63) is 17.5 Å². The summed E-state index contributed by atoms with van der Waals surface area (Å²) in [6.45, 7) is 0. The number of hydrogen-bond acceptors (Lipinski definition) is 3. The molecule has 0 aliphatic carbocycles. The van der Waals surface area contributed by atoms with Crippen LogP contribution in [0, 0.1) is 6.20 Å². The molecule has 0 spiro atoms. The van der Waals surface area contributed by atoms with Crippen LogP contribution in [-0.2, 0) is 0 Å². The zero-order valence-electron chi connectivity index (χ0n) is 4.76. The average molecular weight is 160 g/mol. The Labute approximate surface area is 62.7 Å². The van der Waals surface area contributed by atoms with Gasteiger partial charge in [0.2, 0.25) is 0 Å². The van der Waals surface area contributed by atoms with Crippen LogP contribution < -0.4 is 0 Å². The highest BCUT2D eigenvalue weighted by atomic mass is 35.5. The summed E-state index contributed by atoms with van der Waals surface area (Å²) < 4.78 is 0. The van der Waals surface area contributed by atoms with Gasteiger partial charge in [-0.3, -0.25) is 0 Å². The highest BCUT2D eigenvalue weighted by molar-refractivity contribution is 7.98. The Balaban J connectivity index is 2.88. The third-order valence-electron chi connectivity index (χ3n) is 0.756. The predicted octanol–water partition coefficient (Wildman–Crippen LogP) is 1.65. The molecule has 47 valence electrons. The smallest absolute Gasteiger partial charge is 0.157 e. The quantitative estimate of drug-likeness (QED) is 0.583. The van der Waals surface area contributed by atoms with Crippen molar-refractivity contribution in [2.24, 2.45) is 0 Å². The van der Waals surface area contributed by atoms with Crippen molar-refractivity contribution < 1.29 is 0 Å². The highest BCUT2D eigenvalue weighted by Crippen LogP contribution is 2.09. The molecule has 0 atom stereocenters. The van der Waals surface area contributed by atoms with Crippen molar-refractivity contribution in [3.8, 4) is 0 Å². The maximum Gasteiger partial charge on any atom is 0.157 e. The normalized spacial score (nSPS) is 9.56. The van der Waals surface area contributed by atoms with Crippen molar-refractivity contribution in [2.75, 3.05) is 6.26 Å². The standard InChI is InChI=1S/C5H4ClN2S/c1-9-5-3-7-4(6)2-8-5/h3H,1H3. The fraction of sp³-hybridized carbons (Fsp3) is 0.200. The minimum Gasteiger partial charge on any atom is -0.239 e. The minimum atomic E-state index is 0.313. The van der Waals surface area contributed by atoms with Gasteiger partial charge >= 0.3 is 0 Å². The van der Waals surface area contributed by atoms with E-state index >= 15 is 0 Å². The van der Waals surface area contributed by atoms with Crippen LogP contribution in [0.5, 0.6) is 0 Å². The molecule has 2 nitrogen and oxygen atoms in total. The molecule has 0 aliphatic rings. The molecule has 1 rings (SSSR count). The highest BCUT2D eigenvalue weighted by Gasteiger charge is 1.90. The first-order valence-electron chi connectivity index (χ1n) is 2.27. The lowest BCUT2D eigenvalue weighted by Crippen LogP contribution is -1.80. The first kappa shape index (κ1) is 6.83. The summed E-state index contributed by atoms with van der Waals surface area (Å²) in [5, 5.41) is 1.15. The Morgan fingerprint density at radius 3 is 3.00 bits per heavy atom. The van der Waals surface area contributed by atoms with Crippen molar-refractivity contribution in [2.45, 2.75) is 5.03 Å². The minimum absolute atomic E-state index is 0.313. The van der Waals surface area contributed by atoms with E-state index in [0.29, 0.717) is 5.15 Å². The zero-order valence-corrected chi connectivity index (χ0v) is 6.33. The molecule has 0 unspecified atom stereocenters. The van der Waals surface area contributed by atoms with Gasteiger partial charge in [-0.1, -0.05) is 11.6 Å². The molecule has 1 aromatic heterocycles. The summed E-state index contributed by atoms with van der Waals surface area (Å²) in [4.78, 5) is 7.62. The summed E-state index contributed by atoms with van der Waals surface area (Å²) in [5.74, 6) is 0. The second-order valence-corrected chi connectivity index (χ2v) is 2.50. The summed E-state index contributed by atoms with van der Waals surface area (Å²) >= 11 is 6.94. The third kappa shape index (κ3) is 1.84. The summed E-state index contributed by atoms with van der Waals surface area (Å²) in [6, 6.07) is 0. The first-order chi connectivity index (χ1) is 4.33. The number of nitrogens with zero attached hydrogens (tertiary/aromatic N) is 2. The van der Waals surface area contributed by atoms with E-state index in [9.17, 15) is 0 Å². The zero-order chi connectivity index (χ0) is 6.69. The van der Waals surface area contributed by atoms with Gasteiger partial charge in [0.25, 0.3) is 0 Å². The van der Waals surface area contributed by atoms with E-state index in [1.807, 2.05) is 6.26 Å². The molecule has 0 saturated heterocycles. The van der Waals surface area contributed by atoms with Gasteiger partial charge in [-0.05, 0) is 6.26 Å². The number of halogens is 1. The van der Waals surface area contributed by atoms with E-state index in [1.54, 1.807) is 6.20 Å².